The molecule has 3 aromatic rings. The monoisotopic (exact) mass is 386 g/mol. The number of hydrogen-bond donors (Lipinski definition) is 1. The number of nitrogens with zero attached hydrogens (tertiary/aromatic N) is 1. The highest BCUT2D eigenvalue weighted by Gasteiger charge is 2.11. The molecule has 1 heterocycles. The fourth-order valence-corrected chi connectivity index (χ4v) is 3.32. The van der Waals surface area contributed by atoms with Gasteiger partial charge in [-0.05, 0) is 43.7 Å². The van der Waals surface area contributed by atoms with E-state index in [1.54, 1.807) is 6.07 Å². The predicted octanol–water partition coefficient (Wildman–Crippen LogP) is 4.50. The molecule has 3 rings (SSSR count). The first-order chi connectivity index (χ1) is 13.2. The fraction of sp³-hybridized carbons (Fsp3) is 0.300. The van der Waals surface area contributed by atoms with Gasteiger partial charge in [-0.15, -0.1) is 0 Å². The van der Waals surface area contributed by atoms with Gasteiger partial charge in [-0.25, -0.2) is 4.98 Å². The lowest BCUT2D eigenvalue weighted by Crippen LogP contribution is -2.20. The molecule has 1 amide bonds. The third kappa shape index (κ3) is 5.10. The fourth-order valence-electron chi connectivity index (χ4n) is 2.41. The Hall–Kier alpha value is -2.80. The zero-order valence-corrected chi connectivity index (χ0v) is 16.2. The second-order valence-electron chi connectivity index (χ2n) is 5.71. The molecule has 0 saturated heterocycles. The number of rotatable bonds is 9. The van der Waals surface area contributed by atoms with Gasteiger partial charge in [-0.2, -0.15) is 0 Å². The van der Waals surface area contributed by atoms with Crippen molar-refractivity contribution in [1.29, 1.82) is 0 Å². The third-order valence-corrected chi connectivity index (χ3v) is 4.52. The molecule has 0 atom stereocenters. The van der Waals surface area contributed by atoms with Crippen LogP contribution in [-0.2, 0) is 4.79 Å². The summed E-state index contributed by atoms with van der Waals surface area (Å²) in [5.41, 5.74) is 0.821. The van der Waals surface area contributed by atoms with Crippen LogP contribution in [0.2, 0.25) is 0 Å². The van der Waals surface area contributed by atoms with Crippen molar-refractivity contribution in [2.45, 2.75) is 20.3 Å². The van der Waals surface area contributed by atoms with E-state index >= 15 is 0 Å². The maximum atomic E-state index is 12.2. The Labute approximate surface area is 162 Å². The van der Waals surface area contributed by atoms with Gasteiger partial charge in [0.1, 0.15) is 5.75 Å². The molecule has 6 nitrogen and oxygen atoms in total. The van der Waals surface area contributed by atoms with Crippen LogP contribution >= 0.6 is 11.3 Å². The molecule has 0 spiro atoms. The Morgan fingerprint density at radius 2 is 1.85 bits per heavy atom. The van der Waals surface area contributed by atoms with Crippen molar-refractivity contribution in [3.63, 3.8) is 0 Å². The maximum Gasteiger partial charge on any atom is 0.264 e. The number of carbonyl (C=O) groups excluding carboxylic acids is 1. The first-order valence-electron chi connectivity index (χ1n) is 8.87. The van der Waals surface area contributed by atoms with Crippen molar-refractivity contribution in [3.8, 4) is 17.2 Å². The molecule has 7 heteroatoms. The smallest absolute Gasteiger partial charge is 0.264 e. The van der Waals surface area contributed by atoms with E-state index in [2.05, 4.69) is 17.2 Å². The first kappa shape index (κ1) is 19.0. The van der Waals surface area contributed by atoms with E-state index in [4.69, 9.17) is 14.2 Å². The quantitative estimate of drug-likeness (QED) is 0.586. The summed E-state index contributed by atoms with van der Waals surface area (Å²) in [6, 6.07) is 13.0. The number of thiazole rings is 1. The summed E-state index contributed by atoms with van der Waals surface area (Å²) in [6.45, 7) is 5.05. The van der Waals surface area contributed by atoms with Crippen LogP contribution < -0.4 is 19.5 Å². The Morgan fingerprint density at radius 3 is 2.59 bits per heavy atom. The SMILES string of the molecule is CCCOc1ccc2nc(NC(=O)COc3ccccc3OCC)sc2c1. The topological polar surface area (TPSA) is 69.7 Å². The molecule has 2 aromatic carbocycles. The number of fused-ring (bicyclic) bond motifs is 1. The zero-order valence-electron chi connectivity index (χ0n) is 15.4. The molecular weight excluding hydrogens is 364 g/mol. The van der Waals surface area contributed by atoms with Gasteiger partial charge in [0.25, 0.3) is 5.91 Å². The summed E-state index contributed by atoms with van der Waals surface area (Å²) in [4.78, 5) is 16.6. The normalized spacial score (nSPS) is 10.6. The van der Waals surface area contributed by atoms with Crippen molar-refractivity contribution >= 4 is 32.6 Å². The number of hydrogen-bond acceptors (Lipinski definition) is 6. The minimum atomic E-state index is -0.275. The molecule has 0 bridgehead atoms. The summed E-state index contributed by atoms with van der Waals surface area (Å²) < 4.78 is 17.7. The van der Waals surface area contributed by atoms with Crippen molar-refractivity contribution in [3.05, 3.63) is 42.5 Å². The number of nitrogens with one attached hydrogen (secondary N) is 1. The molecule has 0 fully saturated rings. The van der Waals surface area contributed by atoms with Gasteiger partial charge in [0.15, 0.2) is 23.2 Å². The highest BCUT2D eigenvalue weighted by atomic mass is 32.1. The van der Waals surface area contributed by atoms with Crippen LogP contribution in [0.3, 0.4) is 0 Å². The predicted molar refractivity (Wildman–Crippen MR) is 107 cm³/mol. The van der Waals surface area contributed by atoms with E-state index in [0.29, 0.717) is 29.8 Å². The van der Waals surface area contributed by atoms with Crippen LogP contribution in [0.4, 0.5) is 5.13 Å². The number of ether oxygens (including phenoxy) is 3. The molecule has 0 aliphatic heterocycles. The van der Waals surface area contributed by atoms with Crippen LogP contribution in [-0.4, -0.2) is 30.7 Å². The average Bonchev–Trinajstić information content (AvgIpc) is 3.07. The van der Waals surface area contributed by atoms with Crippen LogP contribution in [0, 0.1) is 0 Å². The molecule has 0 radical (unpaired) electrons. The van der Waals surface area contributed by atoms with Crippen molar-refractivity contribution < 1.29 is 19.0 Å². The van der Waals surface area contributed by atoms with E-state index < -0.39 is 0 Å². The van der Waals surface area contributed by atoms with E-state index in [1.807, 2.05) is 43.3 Å². The van der Waals surface area contributed by atoms with Gasteiger partial charge >= 0.3 is 0 Å². The summed E-state index contributed by atoms with van der Waals surface area (Å²) in [5.74, 6) is 1.69. The van der Waals surface area contributed by atoms with Crippen LogP contribution in [0.25, 0.3) is 10.2 Å². The minimum Gasteiger partial charge on any atom is -0.494 e. The van der Waals surface area contributed by atoms with Gasteiger partial charge in [-0.3, -0.25) is 10.1 Å². The Morgan fingerprint density at radius 1 is 1.07 bits per heavy atom. The van der Waals surface area contributed by atoms with Crippen LogP contribution in [0.5, 0.6) is 17.2 Å². The summed E-state index contributed by atoms with van der Waals surface area (Å²) in [7, 11) is 0. The lowest BCUT2D eigenvalue weighted by Gasteiger charge is -2.10. The number of benzene rings is 2. The van der Waals surface area contributed by atoms with Gasteiger partial charge in [0.05, 0.1) is 23.4 Å². The summed E-state index contributed by atoms with van der Waals surface area (Å²) in [5, 5.41) is 3.31. The van der Waals surface area contributed by atoms with Gasteiger partial charge < -0.3 is 14.2 Å². The molecular formula is C20H22N2O4S. The van der Waals surface area contributed by atoms with E-state index in [-0.39, 0.29) is 12.5 Å². The lowest BCUT2D eigenvalue weighted by atomic mass is 10.3. The molecule has 142 valence electrons. The zero-order chi connectivity index (χ0) is 19.1. The van der Waals surface area contributed by atoms with E-state index in [0.717, 1.165) is 22.4 Å². The van der Waals surface area contributed by atoms with Gasteiger partial charge in [0, 0.05) is 0 Å². The Balaban J connectivity index is 1.60. The molecule has 0 unspecified atom stereocenters. The van der Waals surface area contributed by atoms with Crippen LogP contribution in [0.15, 0.2) is 42.5 Å². The molecule has 1 N–H and O–H groups in total. The summed E-state index contributed by atoms with van der Waals surface area (Å²) in [6.07, 6.45) is 0.953. The standard InChI is InChI=1S/C20H22N2O4S/c1-3-11-25-14-9-10-15-18(12-14)27-20(21-15)22-19(23)13-26-17-8-6-5-7-16(17)24-4-2/h5-10,12H,3-4,11,13H2,1-2H3,(H,21,22,23). The third-order valence-electron chi connectivity index (χ3n) is 3.59. The number of para-hydroxylation sites is 2. The van der Waals surface area contributed by atoms with Crippen molar-refractivity contribution in [2.75, 3.05) is 25.1 Å². The average molecular weight is 386 g/mol. The van der Waals surface area contributed by atoms with Crippen molar-refractivity contribution in [2.24, 2.45) is 0 Å². The van der Waals surface area contributed by atoms with Gasteiger partial charge in [-0.1, -0.05) is 30.4 Å². The number of carbonyl (C=O) groups is 1. The number of aromatic nitrogens is 1. The molecule has 0 aliphatic rings. The van der Waals surface area contributed by atoms with Gasteiger partial charge in [0.2, 0.25) is 0 Å². The minimum absolute atomic E-state index is 0.120. The number of amides is 1. The Kier molecular flexibility index (Phi) is 6.49. The molecule has 0 saturated carbocycles. The highest BCUT2D eigenvalue weighted by Crippen LogP contribution is 2.30. The molecule has 27 heavy (non-hydrogen) atoms. The van der Waals surface area contributed by atoms with E-state index in [9.17, 15) is 4.79 Å². The first-order valence-corrected chi connectivity index (χ1v) is 9.69. The lowest BCUT2D eigenvalue weighted by molar-refractivity contribution is -0.118. The number of anilines is 1. The highest BCUT2D eigenvalue weighted by molar-refractivity contribution is 7.22. The summed E-state index contributed by atoms with van der Waals surface area (Å²) >= 11 is 1.40. The largest absolute Gasteiger partial charge is 0.494 e. The van der Waals surface area contributed by atoms with Crippen LogP contribution in [0.1, 0.15) is 20.3 Å². The van der Waals surface area contributed by atoms with E-state index in [1.165, 1.54) is 11.3 Å². The van der Waals surface area contributed by atoms with Crippen molar-refractivity contribution in [1.82, 2.24) is 4.98 Å². The second kappa shape index (κ2) is 9.23. The molecule has 0 aliphatic carbocycles. The maximum absolute atomic E-state index is 12.2. The molecule has 1 aromatic heterocycles. The second-order valence-corrected chi connectivity index (χ2v) is 6.74. The Bertz CT molecular complexity index is 910.